The third-order valence-corrected chi connectivity index (χ3v) is 11.3. The Morgan fingerprint density at radius 1 is 1.07 bits per heavy atom. The molecule has 0 radical (unpaired) electrons. The molecule has 3 fully saturated rings. The quantitative estimate of drug-likeness (QED) is 0.220. The van der Waals surface area contributed by atoms with E-state index in [9.17, 15) is 14.6 Å². The van der Waals surface area contributed by atoms with Gasteiger partial charge in [0.25, 0.3) is 5.91 Å². The number of halogens is 1. The predicted octanol–water partition coefficient (Wildman–Crippen LogP) is 1.25. The first-order valence-corrected chi connectivity index (χ1v) is 18.7. The number of fused-ring (bicyclic) bond motifs is 5. The molecule has 45 heavy (non-hydrogen) atoms. The molecular weight excluding hydrogens is 675 g/mol. The summed E-state index contributed by atoms with van der Waals surface area (Å²) in [5, 5.41) is 8.07. The Morgan fingerprint density at radius 2 is 1.84 bits per heavy atom. The van der Waals surface area contributed by atoms with Crippen molar-refractivity contribution in [2.45, 2.75) is 37.1 Å². The molecule has 2 aliphatic heterocycles. The van der Waals surface area contributed by atoms with Crippen molar-refractivity contribution >= 4 is 71.0 Å². The van der Waals surface area contributed by atoms with Crippen molar-refractivity contribution in [1.82, 2.24) is 34.5 Å². The fraction of sp³-hybridized carbons (Fsp3) is 0.478. The fourth-order valence-electron chi connectivity index (χ4n) is 5.90. The number of carbonyl (C=O) groups excluding carboxylic acids is 1. The summed E-state index contributed by atoms with van der Waals surface area (Å²) < 4.78 is 47.6. The van der Waals surface area contributed by atoms with Crippen LogP contribution in [-0.4, -0.2) is 88.4 Å². The molecule has 1 aromatic carbocycles. The summed E-state index contributed by atoms with van der Waals surface area (Å²) in [6, 6.07) is 4.37. The number of hydrogen-bond acceptors (Lipinski definition) is 14. The molecule has 5 heterocycles. The van der Waals surface area contributed by atoms with E-state index >= 15 is 4.39 Å². The number of ether oxygens (including phenoxy) is 1. The molecule has 7 rings (SSSR count). The SMILES string of the molecule is NC(=O)c1cccc2c1nnn2[C@@H]1O[C@@H]2COP(O)(=S)OC[C@@H]3C(COP(O)(=S)O[C@@H]1[C@@H]2F)C[C@H]3n1cnc2c(N)ncnc21. The number of carbonyl (C=O) groups is 1. The number of amides is 1. The third kappa shape index (κ3) is 5.67. The highest BCUT2D eigenvalue weighted by Gasteiger charge is 2.52. The summed E-state index contributed by atoms with van der Waals surface area (Å²) in [6.45, 7) is -8.64. The average Bonchev–Trinajstić information content (AvgIpc) is 3.67. The summed E-state index contributed by atoms with van der Waals surface area (Å²) in [4.78, 5) is 46.5. The summed E-state index contributed by atoms with van der Waals surface area (Å²) in [6.07, 6.45) is -2.76. The zero-order chi connectivity index (χ0) is 31.7. The van der Waals surface area contributed by atoms with Gasteiger partial charge in [-0.3, -0.25) is 9.32 Å². The number of imidazole rings is 1. The number of nitrogen functional groups attached to an aromatic ring is 1. The molecule has 17 nitrogen and oxygen atoms in total. The topological polar surface area (TPSA) is 230 Å². The van der Waals surface area contributed by atoms with Crippen molar-refractivity contribution in [1.29, 1.82) is 0 Å². The second-order valence-electron chi connectivity index (χ2n) is 10.8. The van der Waals surface area contributed by atoms with Crippen molar-refractivity contribution in [3.05, 3.63) is 36.4 Å². The maximum atomic E-state index is 15.9. The van der Waals surface area contributed by atoms with Crippen LogP contribution in [0.2, 0.25) is 0 Å². The molecule has 6 N–H and O–H groups in total. The molecule has 2 saturated heterocycles. The standard InChI is InChI=1S/C23H26FN9O8P2S2/c24-16-15-7-39-42(35,44)38-6-12-10(4-14(12)32-9-29-18-20(25)27-8-28-22(18)32)5-37-43(36,45)41-19(16)23(40-15)33-13-3-1-2-11(21(26)34)17(13)30-31-33/h1-3,8-10,12,14-16,19,23H,4-7H2,(H2,26,34)(H,35,44)(H,36,45)(H2,25,27,28)/t10?,12-,14-,15-,16-,19-,23-,42?,43?/m1/s1. The van der Waals surface area contributed by atoms with E-state index in [0.29, 0.717) is 17.6 Å². The number of benzene rings is 1. The highest BCUT2D eigenvalue weighted by atomic mass is 32.5. The molecule has 3 aromatic heterocycles. The lowest BCUT2D eigenvalue weighted by Crippen LogP contribution is -2.43. The molecule has 4 aromatic rings. The molecule has 3 unspecified atom stereocenters. The summed E-state index contributed by atoms with van der Waals surface area (Å²) in [5.41, 5.74) is 12.9. The average molecular weight is 702 g/mol. The van der Waals surface area contributed by atoms with Crippen LogP contribution in [0, 0.1) is 11.8 Å². The van der Waals surface area contributed by atoms with Gasteiger partial charge in [0.05, 0.1) is 37.2 Å². The second-order valence-corrected chi connectivity index (χ2v) is 16.4. The summed E-state index contributed by atoms with van der Waals surface area (Å²) >= 11 is 10.5. The van der Waals surface area contributed by atoms with Gasteiger partial charge in [-0.25, -0.2) is 24.0 Å². The van der Waals surface area contributed by atoms with Crippen LogP contribution in [0.15, 0.2) is 30.9 Å². The minimum Gasteiger partial charge on any atom is -0.382 e. The molecule has 1 aliphatic carbocycles. The van der Waals surface area contributed by atoms with E-state index in [1.165, 1.54) is 17.1 Å². The maximum Gasteiger partial charge on any atom is 0.325 e. The normalized spacial score (nSPS) is 35.9. The summed E-state index contributed by atoms with van der Waals surface area (Å²) in [7, 11) is 0. The molecule has 1 saturated carbocycles. The number of alkyl halides is 1. The highest BCUT2D eigenvalue weighted by molar-refractivity contribution is 8.07. The lowest BCUT2D eigenvalue weighted by Gasteiger charge is -2.45. The van der Waals surface area contributed by atoms with Crippen LogP contribution in [0.5, 0.6) is 0 Å². The van der Waals surface area contributed by atoms with Gasteiger partial charge in [-0.05, 0) is 48.1 Å². The number of nitrogens with zero attached hydrogens (tertiary/aromatic N) is 7. The van der Waals surface area contributed by atoms with Crippen LogP contribution in [0.4, 0.5) is 10.2 Å². The first-order valence-electron chi connectivity index (χ1n) is 13.6. The number of primary amides is 1. The van der Waals surface area contributed by atoms with E-state index < -0.39 is 50.6 Å². The van der Waals surface area contributed by atoms with Crippen LogP contribution < -0.4 is 11.5 Å². The Kier molecular flexibility index (Phi) is 7.97. The molecule has 0 spiro atoms. The van der Waals surface area contributed by atoms with Crippen molar-refractivity contribution < 1.29 is 41.8 Å². The number of aromatic nitrogens is 7. The van der Waals surface area contributed by atoms with Gasteiger partial charge in [-0.1, -0.05) is 11.3 Å². The van der Waals surface area contributed by atoms with Crippen LogP contribution >= 0.6 is 13.4 Å². The van der Waals surface area contributed by atoms with Crippen LogP contribution in [0.1, 0.15) is 29.0 Å². The lowest BCUT2D eigenvalue weighted by atomic mass is 9.70. The molecule has 2 bridgehead atoms. The van der Waals surface area contributed by atoms with Crippen molar-refractivity contribution in [2.24, 2.45) is 17.6 Å². The Morgan fingerprint density at radius 3 is 2.64 bits per heavy atom. The van der Waals surface area contributed by atoms with Gasteiger partial charge >= 0.3 is 13.4 Å². The van der Waals surface area contributed by atoms with Crippen LogP contribution in [0.3, 0.4) is 0 Å². The first kappa shape index (κ1) is 31.0. The van der Waals surface area contributed by atoms with E-state index in [4.69, 9.17) is 57.9 Å². The zero-order valence-corrected chi connectivity index (χ0v) is 26.4. The van der Waals surface area contributed by atoms with E-state index in [0.717, 1.165) is 0 Å². The van der Waals surface area contributed by atoms with Crippen LogP contribution in [-0.2, 0) is 46.4 Å². The number of anilines is 1. The number of nitrogens with two attached hydrogens (primary N) is 2. The van der Waals surface area contributed by atoms with E-state index in [1.807, 2.05) is 4.57 Å². The molecule has 9 atom stereocenters. The van der Waals surface area contributed by atoms with Crippen molar-refractivity contribution in [2.75, 3.05) is 25.6 Å². The molecule has 22 heteroatoms. The molecule has 1 amide bonds. The van der Waals surface area contributed by atoms with Gasteiger partial charge < -0.3 is 44.1 Å². The first-order chi connectivity index (χ1) is 21.4. The third-order valence-electron chi connectivity index (χ3n) is 8.20. The molecule has 240 valence electrons. The van der Waals surface area contributed by atoms with Gasteiger partial charge in [0.2, 0.25) is 0 Å². The highest BCUT2D eigenvalue weighted by Crippen LogP contribution is 2.55. The van der Waals surface area contributed by atoms with Crippen molar-refractivity contribution in [3.63, 3.8) is 0 Å². The van der Waals surface area contributed by atoms with E-state index in [2.05, 4.69) is 25.3 Å². The van der Waals surface area contributed by atoms with Gasteiger partial charge in [0.15, 0.2) is 23.9 Å². The zero-order valence-electron chi connectivity index (χ0n) is 23.0. The Bertz CT molecular complexity index is 1900. The summed E-state index contributed by atoms with van der Waals surface area (Å²) in [5.74, 6) is -1.08. The number of hydrogen-bond donors (Lipinski definition) is 4. The minimum absolute atomic E-state index is 0.0646. The Labute approximate surface area is 263 Å². The lowest BCUT2D eigenvalue weighted by molar-refractivity contribution is -0.0523. The van der Waals surface area contributed by atoms with Gasteiger partial charge in [0.1, 0.15) is 29.6 Å². The van der Waals surface area contributed by atoms with Gasteiger partial charge in [-0.15, -0.1) is 5.10 Å². The Hall–Kier alpha value is -2.61. The van der Waals surface area contributed by atoms with Gasteiger partial charge in [-0.2, -0.15) is 0 Å². The predicted molar refractivity (Wildman–Crippen MR) is 161 cm³/mol. The molecule has 3 aliphatic rings. The Balaban J connectivity index is 1.18. The van der Waals surface area contributed by atoms with Gasteiger partial charge in [0, 0.05) is 12.0 Å². The van der Waals surface area contributed by atoms with Crippen molar-refractivity contribution in [3.8, 4) is 0 Å². The largest absolute Gasteiger partial charge is 0.382 e. The fourth-order valence-corrected chi connectivity index (χ4v) is 8.48. The number of rotatable bonds is 3. The monoisotopic (exact) mass is 701 g/mol. The van der Waals surface area contributed by atoms with Crippen LogP contribution in [0.25, 0.3) is 22.2 Å². The van der Waals surface area contributed by atoms with E-state index in [1.54, 1.807) is 18.5 Å². The second kappa shape index (κ2) is 11.6. The van der Waals surface area contributed by atoms with E-state index in [-0.39, 0.29) is 53.5 Å². The smallest absolute Gasteiger partial charge is 0.325 e. The maximum absolute atomic E-state index is 15.9. The molecular formula is C23H26FN9O8P2S2. The minimum atomic E-state index is -4.08.